The topological polar surface area (TPSA) is 624 Å². The number of aromatic nitrogens is 2. The van der Waals surface area contributed by atoms with Gasteiger partial charge >= 0.3 is 0 Å². The van der Waals surface area contributed by atoms with E-state index in [0.717, 1.165) is 0 Å². The monoisotopic (exact) mass is 1260 g/mol. The van der Waals surface area contributed by atoms with Gasteiger partial charge in [0.15, 0.2) is 5.96 Å². The first-order valence-electron chi connectivity index (χ1n) is 30.3. The Morgan fingerprint density at radius 2 is 1.20 bits per heavy atom. The van der Waals surface area contributed by atoms with Crippen molar-refractivity contribution in [3.63, 3.8) is 0 Å². The molecule has 10 atom stereocenters. The van der Waals surface area contributed by atoms with Crippen molar-refractivity contribution in [2.45, 2.75) is 170 Å². The predicted octanol–water partition coefficient (Wildman–Crippen LogP) is -9.42. The van der Waals surface area contributed by atoms with Crippen LogP contribution in [0.4, 0.5) is 0 Å². The van der Waals surface area contributed by atoms with Crippen molar-refractivity contribution in [1.82, 2.24) is 62.7 Å². The lowest BCUT2D eigenvalue weighted by Crippen LogP contribution is -2.63. The van der Waals surface area contributed by atoms with Gasteiger partial charge in [0.2, 0.25) is 53.2 Å². The lowest BCUT2D eigenvalue weighted by atomic mass is 10.0. The van der Waals surface area contributed by atoms with Crippen LogP contribution in [0.5, 0.6) is 0 Å². The van der Waals surface area contributed by atoms with E-state index in [-0.39, 0.29) is 89.2 Å². The quantitative estimate of drug-likeness (QED) is 0.0125. The first-order chi connectivity index (χ1) is 42.6. The normalized spacial score (nSPS) is 16.1. The van der Waals surface area contributed by atoms with Crippen LogP contribution in [-0.2, 0) is 54.4 Å². The van der Waals surface area contributed by atoms with Crippen molar-refractivity contribution < 1.29 is 58.2 Å². The van der Waals surface area contributed by atoms with E-state index in [1.165, 1.54) is 23.5 Å². The van der Waals surface area contributed by atoms with Crippen molar-refractivity contribution in [2.24, 2.45) is 62.3 Å². The van der Waals surface area contributed by atoms with Crippen LogP contribution >= 0.6 is 0 Å². The fraction of sp³-hybridized carbons (Fsp3) is 0.704. The summed E-state index contributed by atoms with van der Waals surface area (Å²) in [4.78, 5) is 151. The molecule has 1 aromatic rings. The molecular formula is C54H101N23O12. The summed E-state index contributed by atoms with van der Waals surface area (Å²) in [5.74, 6) is -8.63. The van der Waals surface area contributed by atoms with Crippen molar-refractivity contribution in [1.29, 1.82) is 0 Å². The van der Waals surface area contributed by atoms with Gasteiger partial charge in [-0.05, 0) is 129 Å². The van der Waals surface area contributed by atoms with Gasteiger partial charge in [-0.1, -0.05) is 12.5 Å². The van der Waals surface area contributed by atoms with E-state index >= 15 is 0 Å². The third kappa shape index (κ3) is 29.1. The Morgan fingerprint density at radius 3 is 1.79 bits per heavy atom. The molecule has 504 valence electrons. The van der Waals surface area contributed by atoms with E-state index in [4.69, 9.17) is 57.3 Å². The van der Waals surface area contributed by atoms with Gasteiger partial charge in [0, 0.05) is 51.0 Å². The molecule has 0 radical (unpaired) electrons. The minimum Gasteiger partial charge on any atom is -0.389 e. The smallest absolute Gasteiger partial charge is 0.268 e. The molecule has 0 saturated carbocycles. The summed E-state index contributed by atoms with van der Waals surface area (Å²) in [7, 11) is 0. The Labute approximate surface area is 518 Å². The molecule has 0 bridgehead atoms. The minimum absolute atomic E-state index is 0.0148. The second kappa shape index (κ2) is 44.0. The van der Waals surface area contributed by atoms with Gasteiger partial charge in [0.05, 0.1) is 31.1 Å². The molecule has 10 amide bonds. The van der Waals surface area contributed by atoms with E-state index in [1.807, 2.05) is 0 Å². The molecule has 1 aliphatic heterocycles. The molecule has 1 fully saturated rings. The zero-order valence-electron chi connectivity index (χ0n) is 50.9. The SMILES string of the molecule is NCCCCNC(=O)[C@@H](CCCCN)NC(=O)/C(=C/CCN=C(N)N)NC(=O)[C@H](CCCCN)NC(=O)[C@H](Cc1cnc[nH]1)NC(=O)[C@@H]1CCCN1C(=O)[C@@H](CCCN)NC(=O)CNC(=O)[C@@H](NC(=O)[C@@H](NC(=O)[C@@H](N)CCCCN)[C@@H](O)CN)[C@@H](O)CN. The van der Waals surface area contributed by atoms with Crippen LogP contribution in [0.2, 0.25) is 0 Å². The Bertz CT molecular complexity index is 2420. The van der Waals surface area contributed by atoms with Gasteiger partial charge in [0.25, 0.3) is 5.91 Å². The van der Waals surface area contributed by atoms with Gasteiger partial charge in [-0.15, -0.1) is 0 Å². The second-order valence-electron chi connectivity index (χ2n) is 21.4. The van der Waals surface area contributed by atoms with Crippen LogP contribution in [0.25, 0.3) is 0 Å². The molecule has 1 aliphatic rings. The summed E-state index contributed by atoms with van der Waals surface area (Å²) >= 11 is 0. The van der Waals surface area contributed by atoms with Crippen LogP contribution < -0.4 is 105 Å². The standard InChI is InChI=1S/C54H101N23O12/c55-18-4-1-12-33(62)45(81)75-44(41(79)28-61)52(88)76-43(40(78)27-60)51(87)68-30-42(80)70-37(15-9-22-59)53(89)77-25-11-17-39(77)50(86)74-38(26-32-29-65-31-69-32)49(85)73-35(14-3-6-20-57)47(83)72-36(16-10-24-67-54(63)64)48(84)71-34(13-2-5-19-56)46(82)66-23-8-7-21-58/h16,29,31,33-35,37-41,43-44,78-79H,1-15,17-28,30,55-62H2,(H,65,69)(H,66,82)(H,68,87)(H,70,80)(H,71,84)(H,72,83)(H,73,85)(H,74,86)(H,75,81)(H,76,88)(H4,63,64,67)/b36-16-/t33-,34+,35-,37+,38-,39-,40-,41-,43-,44-/m0/s1. The Morgan fingerprint density at radius 1 is 0.629 bits per heavy atom. The third-order valence-electron chi connectivity index (χ3n) is 14.3. The number of aliphatic imine (C=N–C) groups is 1. The summed E-state index contributed by atoms with van der Waals surface area (Å²) in [6.45, 7) is -0.0523. The number of nitrogens with one attached hydrogen (secondary N) is 10. The third-order valence-corrected chi connectivity index (χ3v) is 14.3. The summed E-state index contributed by atoms with van der Waals surface area (Å²) in [6.07, 6.45) is 5.86. The van der Waals surface area contributed by atoms with Crippen LogP contribution in [-0.4, -0.2) is 223 Å². The number of rotatable bonds is 46. The van der Waals surface area contributed by atoms with Crippen LogP contribution in [0, 0.1) is 0 Å². The van der Waals surface area contributed by atoms with Crippen LogP contribution in [0.15, 0.2) is 29.3 Å². The largest absolute Gasteiger partial charge is 0.389 e. The zero-order valence-corrected chi connectivity index (χ0v) is 50.9. The van der Waals surface area contributed by atoms with Crippen LogP contribution in [0.3, 0.4) is 0 Å². The Balaban J connectivity index is 2.39. The van der Waals surface area contributed by atoms with Crippen LogP contribution in [0.1, 0.15) is 108 Å². The van der Waals surface area contributed by atoms with E-state index in [9.17, 15) is 58.2 Å². The summed E-state index contributed by atoms with van der Waals surface area (Å²) in [5.41, 5.74) is 56.8. The zero-order chi connectivity index (χ0) is 66.3. The predicted molar refractivity (Wildman–Crippen MR) is 330 cm³/mol. The number of nitrogens with zero attached hydrogens (tertiary/aromatic N) is 3. The fourth-order valence-corrected chi connectivity index (χ4v) is 9.25. The summed E-state index contributed by atoms with van der Waals surface area (Å²) in [5, 5.41) is 44.3. The van der Waals surface area contributed by atoms with Crippen molar-refractivity contribution in [3.8, 4) is 0 Å². The number of imidazole rings is 1. The highest BCUT2D eigenvalue weighted by atomic mass is 16.3. The number of nitrogens with two attached hydrogens (primary N) is 10. The number of aromatic amines is 1. The van der Waals surface area contributed by atoms with E-state index < -0.39 is 139 Å². The Kier molecular flexibility index (Phi) is 38.4. The average Bonchev–Trinajstić information content (AvgIpc) is 3.90. The number of carbonyl (C=O) groups is 10. The number of amides is 10. The lowest BCUT2D eigenvalue weighted by Gasteiger charge is -2.30. The molecule has 0 spiro atoms. The molecule has 32 N–H and O–H groups in total. The number of guanidine groups is 1. The molecule has 0 unspecified atom stereocenters. The van der Waals surface area contributed by atoms with Gasteiger partial charge in [-0.3, -0.25) is 52.9 Å². The van der Waals surface area contributed by atoms with Gasteiger partial charge in [-0.2, -0.15) is 0 Å². The van der Waals surface area contributed by atoms with E-state index in [1.54, 1.807) is 0 Å². The minimum atomic E-state index is -1.84. The highest BCUT2D eigenvalue weighted by Gasteiger charge is 2.40. The second-order valence-corrected chi connectivity index (χ2v) is 21.4. The number of aliphatic hydroxyl groups is 2. The number of likely N-dealkylation sites (tertiary alicyclic amines) is 1. The molecule has 0 aliphatic carbocycles. The maximum atomic E-state index is 14.5. The van der Waals surface area contributed by atoms with Crippen molar-refractivity contribution in [2.75, 3.05) is 72.0 Å². The van der Waals surface area contributed by atoms with E-state index in [0.29, 0.717) is 89.7 Å². The number of unbranched alkanes of at least 4 members (excludes halogenated alkanes) is 4. The number of carbonyl (C=O) groups excluding carboxylic acids is 10. The maximum absolute atomic E-state index is 14.5. The molecule has 35 nitrogen and oxygen atoms in total. The number of aliphatic hydroxyl groups excluding tert-OH is 2. The molecule has 2 heterocycles. The molecule has 35 heteroatoms. The highest BCUT2D eigenvalue weighted by Crippen LogP contribution is 2.21. The fourth-order valence-electron chi connectivity index (χ4n) is 9.25. The number of hydrogen-bond donors (Lipinski definition) is 22. The van der Waals surface area contributed by atoms with Gasteiger partial charge < -0.3 is 125 Å². The molecule has 1 aromatic heterocycles. The molecule has 1 saturated heterocycles. The number of H-pyrrole nitrogens is 1. The molecule has 89 heavy (non-hydrogen) atoms. The maximum Gasteiger partial charge on any atom is 0.268 e. The van der Waals surface area contributed by atoms with Gasteiger partial charge in [-0.25, -0.2) is 4.98 Å². The summed E-state index contributed by atoms with van der Waals surface area (Å²) < 4.78 is 0. The van der Waals surface area contributed by atoms with Crippen molar-refractivity contribution in [3.05, 3.63) is 30.0 Å². The highest BCUT2D eigenvalue weighted by molar-refractivity contribution is 6.02. The molecular weight excluding hydrogens is 1160 g/mol. The van der Waals surface area contributed by atoms with E-state index in [2.05, 4.69) is 62.8 Å². The first kappa shape index (κ1) is 77.6. The van der Waals surface area contributed by atoms with Crippen molar-refractivity contribution >= 4 is 65.0 Å². The van der Waals surface area contributed by atoms with Gasteiger partial charge in [0.1, 0.15) is 48.0 Å². The first-order valence-corrected chi connectivity index (χ1v) is 30.3. The number of hydrogen-bond acceptors (Lipinski definition) is 22. The lowest BCUT2D eigenvalue weighted by molar-refractivity contribution is -0.142. The summed E-state index contributed by atoms with van der Waals surface area (Å²) in [6, 6.07) is -10.9. The molecule has 0 aromatic carbocycles. The Hall–Kier alpha value is -7.48. The average molecular weight is 1260 g/mol. The molecule has 2 rings (SSSR count).